The van der Waals surface area contributed by atoms with Gasteiger partial charge in [-0.1, -0.05) is 0 Å². The molecule has 1 aromatic carbocycles. The summed E-state index contributed by atoms with van der Waals surface area (Å²) < 4.78 is 45.0. The van der Waals surface area contributed by atoms with E-state index in [1.807, 2.05) is 10.9 Å². The fourth-order valence-electron chi connectivity index (χ4n) is 2.01. The fourth-order valence-corrected chi connectivity index (χ4v) is 2.14. The number of amides is 2. The van der Waals surface area contributed by atoms with Gasteiger partial charge in [0.15, 0.2) is 17.5 Å². The van der Waals surface area contributed by atoms with Crippen LogP contribution >= 0.6 is 11.6 Å². The first-order chi connectivity index (χ1) is 11.9. The van der Waals surface area contributed by atoms with E-state index in [1.54, 1.807) is 20.8 Å². The molecule has 0 spiro atoms. The zero-order valence-electron chi connectivity index (χ0n) is 15.8. The Bertz CT molecular complexity index is 655. The van der Waals surface area contributed by atoms with Crippen molar-refractivity contribution >= 4 is 23.6 Å². The van der Waals surface area contributed by atoms with E-state index in [0.29, 0.717) is 12.1 Å². The van der Waals surface area contributed by atoms with E-state index >= 15 is 0 Å². The second-order valence-corrected chi connectivity index (χ2v) is 6.82. The second kappa shape index (κ2) is 12.4. The van der Waals surface area contributed by atoms with Gasteiger partial charge in [-0.25, -0.2) is 23.4 Å². The van der Waals surface area contributed by atoms with Crippen molar-refractivity contribution in [2.45, 2.75) is 44.8 Å². The van der Waals surface area contributed by atoms with Gasteiger partial charge < -0.3 is 22.3 Å². The van der Waals surface area contributed by atoms with Crippen LogP contribution in [0.4, 0.5) is 18.0 Å². The Hall–Kier alpha value is -1.11. The molecule has 2 amide bonds. The van der Waals surface area contributed by atoms with E-state index in [-0.39, 0.29) is 49.1 Å². The minimum atomic E-state index is -1.68. The van der Waals surface area contributed by atoms with Crippen molar-refractivity contribution in [2.75, 3.05) is 5.88 Å². The van der Waals surface area contributed by atoms with E-state index in [0.717, 1.165) is 0 Å². The summed E-state index contributed by atoms with van der Waals surface area (Å²) in [5.74, 6) is -7.10. The summed E-state index contributed by atoms with van der Waals surface area (Å²) in [6.45, 7) is 4.83. The Morgan fingerprint density at radius 3 is 2.11 bits per heavy atom. The van der Waals surface area contributed by atoms with Gasteiger partial charge in [0.1, 0.15) is 5.60 Å². The minimum absolute atomic E-state index is 0. The van der Waals surface area contributed by atoms with Gasteiger partial charge in [0.2, 0.25) is 5.91 Å². The Kier molecular flexibility index (Phi) is 12.9. The summed E-state index contributed by atoms with van der Waals surface area (Å²) in [5.41, 5.74) is 2.97. The van der Waals surface area contributed by atoms with Crippen molar-refractivity contribution in [3.8, 4) is 0 Å². The van der Waals surface area contributed by atoms with Crippen molar-refractivity contribution in [3.05, 3.63) is 35.1 Å². The SMILES string of the molecule is CC(C)(C)OC(=O)NNC(=O)C(CC(O)CCl)c1cc(F)c(F)c(F)c1.[Cl-].[Li+]. The Morgan fingerprint density at radius 2 is 1.68 bits per heavy atom. The van der Waals surface area contributed by atoms with Crippen LogP contribution in [0.5, 0.6) is 0 Å². The molecule has 0 aliphatic heterocycles. The van der Waals surface area contributed by atoms with Gasteiger partial charge in [0, 0.05) is 5.88 Å². The number of ether oxygens (including phenoxy) is 1. The number of aliphatic hydroxyl groups is 1. The van der Waals surface area contributed by atoms with Crippen LogP contribution in [0.15, 0.2) is 12.1 Å². The molecule has 0 aromatic heterocycles. The monoisotopic (exact) mass is 438 g/mol. The number of hydrogen-bond donors (Lipinski definition) is 3. The number of rotatable bonds is 5. The summed E-state index contributed by atoms with van der Waals surface area (Å²) in [5, 5.41) is 9.68. The van der Waals surface area contributed by atoms with E-state index in [2.05, 4.69) is 0 Å². The maximum absolute atomic E-state index is 13.5. The molecular formula is C16H20Cl2F3LiN2O4. The molecule has 3 N–H and O–H groups in total. The number of halogens is 5. The smallest absolute Gasteiger partial charge is 1.00 e. The molecule has 0 fully saturated rings. The number of aliphatic hydroxyl groups excluding tert-OH is 1. The molecule has 28 heavy (non-hydrogen) atoms. The number of hydrazine groups is 1. The molecule has 6 nitrogen and oxygen atoms in total. The first-order valence-corrected chi connectivity index (χ1v) is 8.15. The molecule has 0 saturated heterocycles. The fraction of sp³-hybridized carbons (Fsp3) is 0.500. The second-order valence-electron chi connectivity index (χ2n) is 6.51. The molecule has 1 rings (SSSR count). The van der Waals surface area contributed by atoms with Gasteiger partial charge in [0.05, 0.1) is 12.0 Å². The summed E-state index contributed by atoms with van der Waals surface area (Å²) >= 11 is 5.50. The summed E-state index contributed by atoms with van der Waals surface area (Å²) in [6.07, 6.45) is -2.44. The third-order valence-electron chi connectivity index (χ3n) is 3.10. The molecular weight excluding hydrogens is 419 g/mol. The normalized spacial score (nSPS) is 12.7. The van der Waals surface area contributed by atoms with Gasteiger partial charge in [0.25, 0.3) is 0 Å². The third-order valence-corrected chi connectivity index (χ3v) is 3.45. The van der Waals surface area contributed by atoms with E-state index in [4.69, 9.17) is 16.3 Å². The first kappa shape index (κ1) is 29.1. The maximum atomic E-state index is 13.5. The van der Waals surface area contributed by atoms with E-state index in [1.165, 1.54) is 0 Å². The van der Waals surface area contributed by atoms with Crippen LogP contribution in [0.25, 0.3) is 0 Å². The number of alkyl halides is 1. The standard InChI is InChI=1S/C16H20ClF3N2O4.ClH.Li/c1-16(2,3)26-15(25)22-21-14(24)10(6-9(23)7-17)8-4-11(18)13(20)12(19)5-8;;/h4-5,9-10,23H,6-7H2,1-3H3,(H,21,24)(H,22,25);1H;/q;;+1/p-1. The van der Waals surface area contributed by atoms with Crippen molar-refractivity contribution in [1.29, 1.82) is 0 Å². The number of hydrogen-bond acceptors (Lipinski definition) is 4. The zero-order valence-corrected chi connectivity index (χ0v) is 17.3. The molecule has 0 aliphatic carbocycles. The average molecular weight is 439 g/mol. The van der Waals surface area contributed by atoms with Crippen molar-refractivity contribution < 1.29 is 63.9 Å². The largest absolute Gasteiger partial charge is 1.00 e. The van der Waals surface area contributed by atoms with Crippen LogP contribution in [0, 0.1) is 17.5 Å². The Balaban J connectivity index is 0. The van der Waals surface area contributed by atoms with Gasteiger partial charge in [-0.3, -0.25) is 10.2 Å². The van der Waals surface area contributed by atoms with Crippen LogP contribution in [-0.2, 0) is 9.53 Å². The molecule has 0 saturated carbocycles. The average Bonchev–Trinajstić information content (AvgIpc) is 2.53. The third kappa shape index (κ3) is 9.39. The van der Waals surface area contributed by atoms with Gasteiger partial charge in [-0.2, -0.15) is 0 Å². The molecule has 0 radical (unpaired) electrons. The molecule has 0 bridgehead atoms. The molecule has 2 atom stereocenters. The number of carbonyl (C=O) groups excluding carboxylic acids is 2. The van der Waals surface area contributed by atoms with Crippen LogP contribution in [0.3, 0.4) is 0 Å². The summed E-state index contributed by atoms with van der Waals surface area (Å²) in [4.78, 5) is 23.9. The molecule has 0 aliphatic rings. The number of nitrogens with one attached hydrogen (secondary N) is 2. The van der Waals surface area contributed by atoms with Gasteiger partial charge in [-0.15, -0.1) is 11.6 Å². The van der Waals surface area contributed by atoms with Crippen molar-refractivity contribution in [1.82, 2.24) is 10.9 Å². The number of carbonyl (C=O) groups is 2. The molecule has 12 heteroatoms. The molecule has 1 aromatic rings. The summed E-state index contributed by atoms with van der Waals surface area (Å²) in [6, 6.07) is 1.27. The first-order valence-electron chi connectivity index (χ1n) is 7.62. The van der Waals surface area contributed by atoms with Crippen molar-refractivity contribution in [2.24, 2.45) is 0 Å². The van der Waals surface area contributed by atoms with Crippen molar-refractivity contribution in [3.63, 3.8) is 0 Å². The maximum Gasteiger partial charge on any atom is 1.00 e. The molecule has 2 unspecified atom stereocenters. The van der Waals surface area contributed by atoms with Crippen LogP contribution in [-0.4, -0.2) is 34.7 Å². The summed E-state index contributed by atoms with van der Waals surface area (Å²) in [7, 11) is 0. The van der Waals surface area contributed by atoms with Crippen LogP contribution in [0.1, 0.15) is 38.7 Å². The van der Waals surface area contributed by atoms with E-state index in [9.17, 15) is 27.9 Å². The molecule has 154 valence electrons. The Labute approximate surface area is 184 Å². The van der Waals surface area contributed by atoms with Crippen LogP contribution in [0.2, 0.25) is 0 Å². The van der Waals surface area contributed by atoms with Crippen LogP contribution < -0.4 is 42.1 Å². The van der Waals surface area contributed by atoms with Gasteiger partial charge in [-0.05, 0) is 44.9 Å². The minimum Gasteiger partial charge on any atom is -1.00 e. The predicted molar refractivity (Wildman–Crippen MR) is 87.9 cm³/mol. The zero-order chi connectivity index (χ0) is 20.1. The quantitative estimate of drug-likeness (QED) is 0.195. The Morgan fingerprint density at radius 1 is 1.18 bits per heavy atom. The predicted octanol–water partition coefficient (Wildman–Crippen LogP) is -3.26. The molecule has 0 heterocycles. The van der Waals surface area contributed by atoms with Gasteiger partial charge >= 0.3 is 25.0 Å². The number of benzene rings is 1. The topological polar surface area (TPSA) is 87.7 Å². The van der Waals surface area contributed by atoms with E-state index < -0.39 is 47.1 Å².